The van der Waals surface area contributed by atoms with Crippen LogP contribution in [0.25, 0.3) is 0 Å². The molecule has 1 aliphatic carbocycles. The summed E-state index contributed by atoms with van der Waals surface area (Å²) in [5, 5.41) is 5.62. The van der Waals surface area contributed by atoms with Crippen molar-refractivity contribution in [2.75, 3.05) is 32.8 Å². The van der Waals surface area contributed by atoms with Crippen LogP contribution in [0.2, 0.25) is 0 Å². The van der Waals surface area contributed by atoms with Gasteiger partial charge in [0.1, 0.15) is 11.6 Å². The van der Waals surface area contributed by atoms with Crippen LogP contribution in [0, 0.1) is 17.7 Å². The van der Waals surface area contributed by atoms with Gasteiger partial charge in [0.05, 0.1) is 12.5 Å². The van der Waals surface area contributed by atoms with Crippen molar-refractivity contribution in [2.24, 2.45) is 11.8 Å². The van der Waals surface area contributed by atoms with E-state index in [-0.39, 0.29) is 49.3 Å². The molecule has 31 heavy (non-hydrogen) atoms. The molecule has 8 nitrogen and oxygen atoms in total. The van der Waals surface area contributed by atoms with E-state index in [9.17, 15) is 18.8 Å². The van der Waals surface area contributed by atoms with E-state index in [4.69, 9.17) is 9.47 Å². The SMILES string of the molecule is CCOC(=O)C1CCC(CNC(=O)NCCN2Cc3cc(F)ccc3OCC2=O)CC1. The molecule has 170 valence electrons. The summed E-state index contributed by atoms with van der Waals surface area (Å²) in [6, 6.07) is 3.89. The van der Waals surface area contributed by atoms with Crippen LogP contribution in [-0.2, 0) is 20.9 Å². The Hall–Kier alpha value is -2.84. The fraction of sp³-hybridized carbons (Fsp3) is 0.591. The fourth-order valence-corrected chi connectivity index (χ4v) is 4.01. The van der Waals surface area contributed by atoms with Crippen LogP contribution in [0.4, 0.5) is 9.18 Å². The van der Waals surface area contributed by atoms with E-state index in [1.165, 1.54) is 18.2 Å². The first-order valence-corrected chi connectivity index (χ1v) is 10.8. The van der Waals surface area contributed by atoms with Crippen LogP contribution >= 0.6 is 0 Å². The highest BCUT2D eigenvalue weighted by Gasteiger charge is 2.27. The number of halogens is 1. The first-order valence-electron chi connectivity index (χ1n) is 10.8. The number of ether oxygens (including phenoxy) is 2. The molecule has 1 aromatic rings. The zero-order valence-corrected chi connectivity index (χ0v) is 17.8. The standard InChI is InChI=1S/C22H30FN3O5/c1-2-30-21(28)16-5-3-15(4-6-16)12-25-22(29)24-9-10-26-13-17-11-18(23)7-8-19(17)31-14-20(26)27/h7-8,11,15-16H,2-6,9-10,12-14H2,1H3,(H2,24,25,29). The third-order valence-electron chi connectivity index (χ3n) is 5.77. The maximum absolute atomic E-state index is 13.5. The average Bonchev–Trinajstić information content (AvgIpc) is 2.91. The predicted molar refractivity (Wildman–Crippen MR) is 111 cm³/mol. The number of rotatable bonds is 7. The smallest absolute Gasteiger partial charge is 0.314 e. The van der Waals surface area contributed by atoms with Gasteiger partial charge in [-0.2, -0.15) is 0 Å². The molecule has 0 saturated heterocycles. The Morgan fingerprint density at radius 1 is 1.23 bits per heavy atom. The monoisotopic (exact) mass is 435 g/mol. The summed E-state index contributed by atoms with van der Waals surface area (Å²) in [4.78, 5) is 37.7. The Kier molecular flexibility index (Phi) is 8.08. The number of carbonyl (C=O) groups is 3. The molecular formula is C22H30FN3O5. The lowest BCUT2D eigenvalue weighted by Crippen LogP contribution is -2.43. The molecule has 0 aromatic heterocycles. The second-order valence-corrected chi connectivity index (χ2v) is 7.96. The van der Waals surface area contributed by atoms with E-state index in [0.29, 0.717) is 36.9 Å². The molecule has 3 rings (SSSR count). The van der Waals surface area contributed by atoms with Crippen molar-refractivity contribution < 1.29 is 28.2 Å². The van der Waals surface area contributed by atoms with Gasteiger partial charge in [-0.15, -0.1) is 0 Å². The number of amides is 3. The van der Waals surface area contributed by atoms with Crippen molar-refractivity contribution in [2.45, 2.75) is 39.2 Å². The largest absolute Gasteiger partial charge is 0.483 e. The molecule has 0 radical (unpaired) electrons. The van der Waals surface area contributed by atoms with E-state index >= 15 is 0 Å². The molecule has 2 N–H and O–H groups in total. The second-order valence-electron chi connectivity index (χ2n) is 7.96. The molecule has 9 heteroatoms. The minimum atomic E-state index is -0.384. The Labute approximate surface area is 181 Å². The molecule has 0 spiro atoms. The number of esters is 1. The first-order chi connectivity index (χ1) is 15.0. The van der Waals surface area contributed by atoms with Gasteiger partial charge in [0.25, 0.3) is 5.91 Å². The van der Waals surface area contributed by atoms with Crippen LogP contribution < -0.4 is 15.4 Å². The quantitative estimate of drug-likeness (QED) is 0.640. The molecule has 1 heterocycles. The highest BCUT2D eigenvalue weighted by atomic mass is 19.1. The van der Waals surface area contributed by atoms with Gasteiger partial charge in [-0.05, 0) is 56.7 Å². The van der Waals surface area contributed by atoms with Gasteiger partial charge in [0.2, 0.25) is 0 Å². The summed E-state index contributed by atoms with van der Waals surface area (Å²) in [6.45, 7) is 3.46. The molecule has 1 saturated carbocycles. The summed E-state index contributed by atoms with van der Waals surface area (Å²) >= 11 is 0. The van der Waals surface area contributed by atoms with Crippen LogP contribution in [-0.4, -0.2) is 55.7 Å². The summed E-state index contributed by atoms with van der Waals surface area (Å²) in [5.41, 5.74) is 0.605. The molecule has 1 aromatic carbocycles. The summed E-state index contributed by atoms with van der Waals surface area (Å²) < 4.78 is 24.0. The normalized spacial score (nSPS) is 20.8. The van der Waals surface area contributed by atoms with E-state index in [1.807, 2.05) is 0 Å². The lowest BCUT2D eigenvalue weighted by Gasteiger charge is -2.27. The molecule has 0 unspecified atom stereocenters. The Morgan fingerprint density at radius 3 is 2.74 bits per heavy atom. The van der Waals surface area contributed by atoms with Crippen molar-refractivity contribution in [3.8, 4) is 5.75 Å². The Bertz CT molecular complexity index is 795. The number of fused-ring (bicyclic) bond motifs is 1. The number of benzene rings is 1. The van der Waals surface area contributed by atoms with E-state index < -0.39 is 0 Å². The molecule has 1 aliphatic heterocycles. The third kappa shape index (κ3) is 6.57. The van der Waals surface area contributed by atoms with Crippen molar-refractivity contribution in [1.82, 2.24) is 15.5 Å². The highest BCUT2D eigenvalue weighted by molar-refractivity contribution is 5.79. The molecule has 1 fully saturated rings. The van der Waals surface area contributed by atoms with Gasteiger partial charge in [0.15, 0.2) is 6.61 Å². The van der Waals surface area contributed by atoms with Gasteiger partial charge in [-0.1, -0.05) is 0 Å². The zero-order chi connectivity index (χ0) is 22.2. The minimum Gasteiger partial charge on any atom is -0.483 e. The van der Waals surface area contributed by atoms with Crippen molar-refractivity contribution >= 4 is 17.9 Å². The number of nitrogens with one attached hydrogen (secondary N) is 2. The molecule has 0 bridgehead atoms. The highest BCUT2D eigenvalue weighted by Crippen LogP contribution is 2.29. The molecule has 3 amide bonds. The number of nitrogens with zero attached hydrogens (tertiary/aromatic N) is 1. The van der Waals surface area contributed by atoms with Crippen LogP contribution in [0.5, 0.6) is 5.75 Å². The topological polar surface area (TPSA) is 97.0 Å². The number of hydrogen-bond acceptors (Lipinski definition) is 5. The van der Waals surface area contributed by atoms with Crippen molar-refractivity contribution in [3.05, 3.63) is 29.6 Å². The van der Waals surface area contributed by atoms with Crippen molar-refractivity contribution in [1.29, 1.82) is 0 Å². The molecular weight excluding hydrogens is 405 g/mol. The predicted octanol–water partition coefficient (Wildman–Crippen LogP) is 2.22. The fourth-order valence-electron chi connectivity index (χ4n) is 4.01. The van der Waals surface area contributed by atoms with Crippen LogP contribution in [0.1, 0.15) is 38.2 Å². The Morgan fingerprint density at radius 2 is 2.00 bits per heavy atom. The molecule has 0 atom stereocenters. The van der Waals surface area contributed by atoms with Gasteiger partial charge in [-0.25, -0.2) is 9.18 Å². The summed E-state index contributed by atoms with van der Waals surface area (Å²) in [7, 11) is 0. The van der Waals surface area contributed by atoms with Crippen LogP contribution in [0.15, 0.2) is 18.2 Å². The first kappa shape index (κ1) is 22.8. The lowest BCUT2D eigenvalue weighted by molar-refractivity contribution is -0.149. The summed E-state index contributed by atoms with van der Waals surface area (Å²) in [6.07, 6.45) is 3.33. The number of hydrogen-bond donors (Lipinski definition) is 2. The number of urea groups is 1. The maximum atomic E-state index is 13.5. The van der Waals surface area contributed by atoms with E-state index in [2.05, 4.69) is 10.6 Å². The lowest BCUT2D eigenvalue weighted by atomic mass is 9.82. The summed E-state index contributed by atoms with van der Waals surface area (Å²) in [5.74, 6) is 0.0969. The van der Waals surface area contributed by atoms with Gasteiger partial charge < -0.3 is 25.0 Å². The van der Waals surface area contributed by atoms with Gasteiger partial charge >= 0.3 is 12.0 Å². The second kappa shape index (κ2) is 11.0. The minimum absolute atomic E-state index is 0.0289. The average molecular weight is 435 g/mol. The van der Waals surface area contributed by atoms with E-state index in [1.54, 1.807) is 11.8 Å². The van der Waals surface area contributed by atoms with Crippen LogP contribution in [0.3, 0.4) is 0 Å². The van der Waals surface area contributed by atoms with Crippen molar-refractivity contribution in [3.63, 3.8) is 0 Å². The Balaban J connectivity index is 1.36. The zero-order valence-electron chi connectivity index (χ0n) is 17.8. The molecule has 2 aliphatic rings. The number of carbonyl (C=O) groups excluding carboxylic acids is 3. The van der Waals surface area contributed by atoms with Gasteiger partial charge in [-0.3, -0.25) is 9.59 Å². The van der Waals surface area contributed by atoms with Gasteiger partial charge in [0, 0.05) is 31.7 Å². The maximum Gasteiger partial charge on any atom is 0.314 e. The van der Waals surface area contributed by atoms with E-state index in [0.717, 1.165) is 25.7 Å². The third-order valence-corrected chi connectivity index (χ3v) is 5.77.